The van der Waals surface area contributed by atoms with Gasteiger partial charge < -0.3 is 20.2 Å². The Kier molecular flexibility index (Phi) is 8.44. The molecule has 0 amide bonds. The first-order valence-corrected chi connectivity index (χ1v) is 10.8. The number of nitrogens with zero attached hydrogens (tertiary/aromatic N) is 2. The number of halogens is 2. The van der Waals surface area contributed by atoms with Crippen molar-refractivity contribution in [2.24, 2.45) is 0 Å². The van der Waals surface area contributed by atoms with Gasteiger partial charge in [-0.3, -0.25) is 15.2 Å². The molecule has 0 bridgehead atoms. The maximum atomic E-state index is 11.5. The number of hydrogen-bond acceptors (Lipinski definition) is 7. The molecule has 0 unspecified atom stereocenters. The van der Waals surface area contributed by atoms with E-state index in [0.29, 0.717) is 38.2 Å². The van der Waals surface area contributed by atoms with Crippen molar-refractivity contribution in [3.05, 3.63) is 85.5 Å². The fourth-order valence-corrected chi connectivity index (χ4v) is 3.42. The van der Waals surface area contributed by atoms with Crippen LogP contribution in [0, 0.1) is 16.7 Å². The Bertz CT molecular complexity index is 1220. The van der Waals surface area contributed by atoms with Gasteiger partial charge in [-0.05, 0) is 37.1 Å². The summed E-state index contributed by atoms with van der Waals surface area (Å²) in [6.45, 7) is 2.11. The van der Waals surface area contributed by atoms with Crippen LogP contribution in [0.25, 0.3) is 0 Å². The minimum absolute atomic E-state index is 0.0377. The average molecular weight is 486 g/mol. The van der Waals surface area contributed by atoms with Crippen molar-refractivity contribution in [1.29, 1.82) is 10.7 Å². The number of H-pyrrole nitrogens is 1. The molecule has 10 heteroatoms. The number of nitrogen functional groups attached to an aromatic ring is 1. The predicted molar refractivity (Wildman–Crippen MR) is 127 cm³/mol. The zero-order valence-electron chi connectivity index (χ0n) is 17.5. The first kappa shape index (κ1) is 24.3. The van der Waals surface area contributed by atoms with Crippen molar-refractivity contribution in [1.82, 2.24) is 9.97 Å². The second kappa shape index (κ2) is 11.5. The maximum absolute atomic E-state index is 11.5. The molecule has 0 saturated carbocycles. The van der Waals surface area contributed by atoms with Gasteiger partial charge in [-0.25, -0.2) is 0 Å². The SMILES string of the molecule is C1CCOC1.N#Cc1cc(C(=N)c2cc(OCc3c(Cl)cncc3Cl)ccc2N)c[nH]c1=O. The Morgan fingerprint density at radius 3 is 2.55 bits per heavy atom. The minimum Gasteiger partial charge on any atom is -0.489 e. The maximum Gasteiger partial charge on any atom is 0.265 e. The zero-order valence-corrected chi connectivity index (χ0v) is 19.0. The molecule has 8 nitrogen and oxygen atoms in total. The number of aromatic nitrogens is 2. The number of rotatable bonds is 5. The van der Waals surface area contributed by atoms with Crippen molar-refractivity contribution < 1.29 is 9.47 Å². The molecule has 1 aliphatic heterocycles. The lowest BCUT2D eigenvalue weighted by Gasteiger charge is -2.13. The van der Waals surface area contributed by atoms with Crippen LogP contribution in [0.5, 0.6) is 5.75 Å². The van der Waals surface area contributed by atoms with Gasteiger partial charge in [0.1, 0.15) is 24.0 Å². The molecule has 2 aromatic heterocycles. The molecule has 170 valence electrons. The largest absolute Gasteiger partial charge is 0.489 e. The molecular formula is C23H21Cl2N5O3. The van der Waals surface area contributed by atoms with E-state index in [1.54, 1.807) is 24.3 Å². The number of nitrogens with two attached hydrogens (primary N) is 1. The molecule has 0 radical (unpaired) electrons. The third-order valence-corrected chi connectivity index (χ3v) is 5.42. The Hall–Kier alpha value is -3.38. The Morgan fingerprint density at radius 2 is 1.94 bits per heavy atom. The summed E-state index contributed by atoms with van der Waals surface area (Å²) in [4.78, 5) is 17.9. The molecule has 0 atom stereocenters. The number of ether oxygens (including phenoxy) is 2. The highest BCUT2D eigenvalue weighted by Gasteiger charge is 2.13. The van der Waals surface area contributed by atoms with Gasteiger partial charge in [0.05, 0.1) is 15.8 Å². The van der Waals surface area contributed by atoms with Crippen LogP contribution in [0.1, 0.15) is 35.1 Å². The van der Waals surface area contributed by atoms with Crippen LogP contribution in [0.4, 0.5) is 5.69 Å². The number of aromatic amines is 1. The summed E-state index contributed by atoms with van der Waals surface area (Å²) in [6.07, 6.45) is 6.85. The molecule has 4 N–H and O–H groups in total. The highest BCUT2D eigenvalue weighted by molar-refractivity contribution is 6.35. The van der Waals surface area contributed by atoms with E-state index in [9.17, 15) is 4.79 Å². The number of nitrogens with one attached hydrogen (secondary N) is 2. The highest BCUT2D eigenvalue weighted by Crippen LogP contribution is 2.27. The predicted octanol–water partition coefficient (Wildman–Crippen LogP) is 4.32. The molecule has 3 heterocycles. The van der Waals surface area contributed by atoms with Crippen molar-refractivity contribution in [3.63, 3.8) is 0 Å². The summed E-state index contributed by atoms with van der Waals surface area (Å²) in [5.74, 6) is 0.447. The van der Waals surface area contributed by atoms with E-state index < -0.39 is 5.56 Å². The third-order valence-electron chi connectivity index (χ3n) is 4.77. The average Bonchev–Trinajstić information content (AvgIpc) is 3.40. The van der Waals surface area contributed by atoms with E-state index in [1.807, 2.05) is 0 Å². The molecule has 4 rings (SSSR count). The summed E-state index contributed by atoms with van der Waals surface area (Å²) >= 11 is 12.2. The fraction of sp³-hybridized carbons (Fsp3) is 0.217. The summed E-state index contributed by atoms with van der Waals surface area (Å²) < 4.78 is 10.7. The van der Waals surface area contributed by atoms with Gasteiger partial charge in [0.2, 0.25) is 0 Å². The normalized spacial score (nSPS) is 12.4. The van der Waals surface area contributed by atoms with Gasteiger partial charge in [-0.1, -0.05) is 23.2 Å². The lowest BCUT2D eigenvalue weighted by Crippen LogP contribution is -2.14. The Morgan fingerprint density at radius 1 is 1.24 bits per heavy atom. The first-order chi connectivity index (χ1) is 15.9. The lowest BCUT2D eigenvalue weighted by atomic mass is 10.0. The number of benzene rings is 1. The summed E-state index contributed by atoms with van der Waals surface area (Å²) in [7, 11) is 0. The molecule has 3 aromatic rings. The van der Waals surface area contributed by atoms with Crippen LogP contribution < -0.4 is 16.0 Å². The smallest absolute Gasteiger partial charge is 0.265 e. The molecule has 1 aliphatic rings. The van der Waals surface area contributed by atoms with Gasteiger partial charge in [-0.2, -0.15) is 5.26 Å². The van der Waals surface area contributed by atoms with Crippen LogP contribution in [-0.4, -0.2) is 28.9 Å². The summed E-state index contributed by atoms with van der Waals surface area (Å²) in [5.41, 5.74) is 7.11. The van der Waals surface area contributed by atoms with Crippen molar-refractivity contribution >= 4 is 34.6 Å². The number of nitriles is 1. The van der Waals surface area contributed by atoms with Gasteiger partial charge in [0.25, 0.3) is 5.56 Å². The van der Waals surface area contributed by atoms with E-state index >= 15 is 0 Å². The molecule has 1 saturated heterocycles. The standard InChI is InChI=1S/C19H13Cl2N5O2.C4H8O/c20-15-7-25-8-16(21)14(15)9-28-12-1-2-17(23)13(4-12)18(24)11-3-10(5-22)19(27)26-6-11;1-2-4-5-3-1/h1-4,6-8,24H,9,23H2,(H,26,27);1-4H2. The molecule has 33 heavy (non-hydrogen) atoms. The summed E-state index contributed by atoms with van der Waals surface area (Å²) in [5, 5.41) is 18.2. The van der Waals surface area contributed by atoms with Crippen LogP contribution in [-0.2, 0) is 11.3 Å². The molecular weight excluding hydrogens is 465 g/mol. The van der Waals surface area contributed by atoms with E-state index in [2.05, 4.69) is 9.97 Å². The van der Waals surface area contributed by atoms with Gasteiger partial charge in [0.15, 0.2) is 0 Å². The molecule has 1 fully saturated rings. The second-order valence-corrected chi connectivity index (χ2v) is 7.87. The summed E-state index contributed by atoms with van der Waals surface area (Å²) in [6, 6.07) is 7.98. The number of pyridine rings is 2. The van der Waals surface area contributed by atoms with E-state index in [-0.39, 0.29) is 17.9 Å². The number of anilines is 1. The zero-order chi connectivity index (χ0) is 23.8. The van der Waals surface area contributed by atoms with E-state index in [0.717, 1.165) is 13.2 Å². The Labute approximate surface area is 200 Å². The van der Waals surface area contributed by atoms with E-state index in [4.69, 9.17) is 49.1 Å². The second-order valence-electron chi connectivity index (χ2n) is 7.06. The number of hydrogen-bond donors (Lipinski definition) is 3. The monoisotopic (exact) mass is 485 g/mol. The Balaban J connectivity index is 0.000000541. The quantitative estimate of drug-likeness (QED) is 0.363. The van der Waals surface area contributed by atoms with Crippen LogP contribution in [0.2, 0.25) is 10.0 Å². The van der Waals surface area contributed by atoms with Gasteiger partial charge >= 0.3 is 0 Å². The highest BCUT2D eigenvalue weighted by atomic mass is 35.5. The van der Waals surface area contributed by atoms with Crippen LogP contribution in [0.15, 0.2) is 47.7 Å². The first-order valence-electron chi connectivity index (χ1n) is 10.0. The lowest BCUT2D eigenvalue weighted by molar-refractivity contribution is 0.198. The fourth-order valence-electron chi connectivity index (χ4n) is 2.95. The molecule has 0 spiro atoms. The van der Waals surface area contributed by atoms with Gasteiger partial charge in [-0.15, -0.1) is 0 Å². The molecule has 0 aliphatic carbocycles. The van der Waals surface area contributed by atoms with Gasteiger partial charge in [0, 0.05) is 54.2 Å². The van der Waals surface area contributed by atoms with Crippen LogP contribution >= 0.6 is 23.2 Å². The minimum atomic E-state index is -0.518. The van der Waals surface area contributed by atoms with Crippen molar-refractivity contribution in [2.75, 3.05) is 18.9 Å². The van der Waals surface area contributed by atoms with E-state index in [1.165, 1.54) is 37.5 Å². The topological polar surface area (TPSA) is 138 Å². The van der Waals surface area contributed by atoms with Crippen LogP contribution in [0.3, 0.4) is 0 Å². The molecule has 1 aromatic carbocycles. The van der Waals surface area contributed by atoms with Crippen molar-refractivity contribution in [2.45, 2.75) is 19.4 Å². The third kappa shape index (κ3) is 6.33. The van der Waals surface area contributed by atoms with Crippen molar-refractivity contribution in [3.8, 4) is 11.8 Å².